The summed E-state index contributed by atoms with van der Waals surface area (Å²) >= 11 is 0. The molecule has 0 bridgehead atoms. The fourth-order valence-corrected chi connectivity index (χ4v) is 5.65. The van der Waals surface area contributed by atoms with Gasteiger partial charge in [-0.2, -0.15) is 0 Å². The van der Waals surface area contributed by atoms with Crippen LogP contribution in [0.2, 0.25) is 0 Å². The molecule has 2 aliphatic rings. The summed E-state index contributed by atoms with van der Waals surface area (Å²) in [4.78, 5) is 45.2. The predicted molar refractivity (Wildman–Crippen MR) is 183 cm³/mol. The molecule has 2 saturated heterocycles. The fraction of sp³-hybridized carbons (Fsp3) is 0.316. The molecule has 2 fully saturated rings. The van der Waals surface area contributed by atoms with Crippen molar-refractivity contribution in [1.29, 1.82) is 0 Å². The summed E-state index contributed by atoms with van der Waals surface area (Å²) in [5, 5.41) is 0. The summed E-state index contributed by atoms with van der Waals surface area (Å²) in [5.74, 6) is 12.7. The molecule has 244 valence electrons. The molecule has 0 unspecified atom stereocenters. The van der Waals surface area contributed by atoms with Crippen LogP contribution in [0.15, 0.2) is 85.5 Å². The highest BCUT2D eigenvalue weighted by Gasteiger charge is 2.49. The van der Waals surface area contributed by atoms with Gasteiger partial charge in [0, 0.05) is 74.1 Å². The van der Waals surface area contributed by atoms with E-state index in [1.807, 2.05) is 88.4 Å². The Morgan fingerprint density at radius 1 is 0.562 bits per heavy atom. The number of amides is 2. The number of hydrogen-bond donors (Lipinski definition) is 0. The second-order valence-corrected chi connectivity index (χ2v) is 12.8. The molecule has 0 radical (unpaired) electrons. The lowest BCUT2D eigenvalue weighted by Gasteiger charge is -2.21. The Kier molecular flexibility index (Phi) is 10.3. The molecule has 6 rings (SSSR count). The molecule has 4 heterocycles. The van der Waals surface area contributed by atoms with Crippen molar-refractivity contribution in [3.8, 4) is 23.7 Å². The van der Waals surface area contributed by atoms with Crippen molar-refractivity contribution in [3.63, 3.8) is 0 Å². The van der Waals surface area contributed by atoms with Gasteiger partial charge in [0.1, 0.15) is 12.2 Å². The normalized spacial score (nSPS) is 19.0. The molecule has 0 N–H and O–H groups in total. The second-order valence-electron chi connectivity index (χ2n) is 12.8. The van der Waals surface area contributed by atoms with Crippen LogP contribution in [-0.2, 0) is 19.1 Å². The first-order chi connectivity index (χ1) is 23.0. The molecule has 2 aliphatic heterocycles. The van der Waals surface area contributed by atoms with Gasteiger partial charge in [0.05, 0.1) is 11.1 Å². The van der Waals surface area contributed by atoms with Crippen LogP contribution in [0.4, 0.5) is 11.9 Å². The van der Waals surface area contributed by atoms with Gasteiger partial charge in [-0.3, -0.25) is 19.4 Å². The highest BCUT2D eigenvalue weighted by molar-refractivity contribution is 5.99. The minimum atomic E-state index is -0.473. The smallest absolute Gasteiger partial charge is 0.259 e. The molecule has 2 atom stereocenters. The largest absolute Gasteiger partial charge is 0.371 e. The molecule has 10 nitrogen and oxygen atoms in total. The Morgan fingerprint density at radius 3 is 1.17 bits per heavy atom. The highest BCUT2D eigenvalue weighted by Crippen LogP contribution is 2.35. The van der Waals surface area contributed by atoms with Crippen LogP contribution in [0.5, 0.6) is 0 Å². The molecule has 2 aromatic heterocycles. The Hall–Kier alpha value is -5.42. The van der Waals surface area contributed by atoms with E-state index in [1.165, 1.54) is 0 Å². The van der Waals surface area contributed by atoms with Crippen LogP contribution >= 0.6 is 0 Å². The predicted octanol–water partition coefficient (Wildman–Crippen LogP) is 4.53. The van der Waals surface area contributed by atoms with Crippen LogP contribution in [0, 0.1) is 34.5 Å². The van der Waals surface area contributed by atoms with Crippen molar-refractivity contribution in [1.82, 2.24) is 19.9 Å². The van der Waals surface area contributed by atoms with E-state index in [0.717, 1.165) is 11.1 Å². The van der Waals surface area contributed by atoms with Gasteiger partial charge in [0.2, 0.25) is 11.9 Å². The lowest BCUT2D eigenvalue weighted by molar-refractivity contribution is -0.129. The van der Waals surface area contributed by atoms with Crippen molar-refractivity contribution >= 4 is 23.7 Å². The first kappa shape index (κ1) is 33.9. The number of benzene rings is 2. The third kappa shape index (κ3) is 7.75. The van der Waals surface area contributed by atoms with Gasteiger partial charge in [0.25, 0.3) is 11.8 Å². The van der Waals surface area contributed by atoms with Gasteiger partial charge in [-0.05, 0) is 24.3 Å². The number of carbonyl (C=O) groups excluding carboxylic acids is 2. The zero-order chi connectivity index (χ0) is 34.3. The van der Waals surface area contributed by atoms with Crippen molar-refractivity contribution in [2.45, 2.75) is 39.9 Å². The van der Waals surface area contributed by atoms with Crippen LogP contribution < -0.4 is 9.80 Å². The van der Waals surface area contributed by atoms with E-state index in [4.69, 9.17) is 9.47 Å². The van der Waals surface area contributed by atoms with Gasteiger partial charge >= 0.3 is 0 Å². The van der Waals surface area contributed by atoms with E-state index >= 15 is 0 Å². The molecule has 10 heteroatoms. The Balaban J connectivity index is 0.000000188. The monoisotopic (exact) mass is 642 g/mol. The molecule has 0 saturated carbocycles. The second kappa shape index (κ2) is 14.6. The Morgan fingerprint density at radius 2 is 0.875 bits per heavy atom. The van der Waals surface area contributed by atoms with E-state index in [0.29, 0.717) is 36.1 Å². The van der Waals surface area contributed by atoms with E-state index in [9.17, 15) is 9.59 Å². The third-order valence-corrected chi connectivity index (χ3v) is 8.01. The maximum absolute atomic E-state index is 12.4. The lowest BCUT2D eigenvalue weighted by atomic mass is 9.90. The van der Waals surface area contributed by atoms with E-state index in [2.05, 4.69) is 43.6 Å². The number of nitrogens with zero attached hydrogens (tertiary/aromatic N) is 6. The lowest BCUT2D eigenvalue weighted by Crippen LogP contribution is -2.33. The number of anilines is 2. The molecule has 48 heavy (non-hydrogen) atoms. The number of ether oxygens (including phenoxy) is 2. The molecule has 0 aliphatic carbocycles. The van der Waals surface area contributed by atoms with Crippen molar-refractivity contribution in [2.24, 2.45) is 10.8 Å². The minimum Gasteiger partial charge on any atom is -0.371 e. The zero-order valence-corrected chi connectivity index (χ0v) is 28.0. The molecular weight excluding hydrogens is 604 g/mol. The molecule has 4 aromatic rings. The summed E-state index contributed by atoms with van der Waals surface area (Å²) in [6, 6.07) is 19.4. The third-order valence-electron chi connectivity index (χ3n) is 8.01. The maximum Gasteiger partial charge on any atom is 0.259 e. The van der Waals surface area contributed by atoms with Crippen LogP contribution in [0.1, 0.15) is 49.9 Å². The number of methoxy groups -OCH3 is 2. The van der Waals surface area contributed by atoms with Crippen LogP contribution in [0.25, 0.3) is 0 Å². The van der Waals surface area contributed by atoms with Crippen molar-refractivity contribution in [2.75, 3.05) is 37.1 Å². The van der Waals surface area contributed by atoms with Crippen LogP contribution in [-0.4, -0.2) is 71.3 Å². The van der Waals surface area contributed by atoms with E-state index in [1.54, 1.807) is 48.8 Å². The maximum atomic E-state index is 12.4. The summed E-state index contributed by atoms with van der Waals surface area (Å²) in [6.07, 6.45) is 5.60. The van der Waals surface area contributed by atoms with Crippen molar-refractivity contribution in [3.05, 3.63) is 108 Å². The van der Waals surface area contributed by atoms with Crippen molar-refractivity contribution < 1.29 is 19.1 Å². The van der Waals surface area contributed by atoms with E-state index < -0.39 is 12.2 Å². The fourth-order valence-electron chi connectivity index (χ4n) is 5.65. The first-order valence-corrected chi connectivity index (χ1v) is 15.5. The molecule has 2 amide bonds. The van der Waals surface area contributed by atoms with Gasteiger partial charge < -0.3 is 9.47 Å². The Labute approximate surface area is 281 Å². The Bertz CT molecular complexity index is 1720. The first-order valence-electron chi connectivity index (χ1n) is 15.5. The van der Waals surface area contributed by atoms with E-state index in [-0.39, 0.29) is 22.6 Å². The zero-order valence-electron chi connectivity index (χ0n) is 28.0. The number of rotatable bonds is 4. The van der Waals surface area contributed by atoms with Crippen LogP contribution in [0.3, 0.4) is 0 Å². The number of carbonyl (C=O) groups is 2. The molecule has 0 spiro atoms. The standard InChI is InChI=1S/2C19H19N3O2/c2*1-19(2)13-22(17(23)16(19)24-3)18-20-11-15(12-21-18)10-9-14-7-5-4-6-8-14/h2*4-8,11-12,16H,13H2,1-3H3/t2*16-/m10/s1. The summed E-state index contributed by atoms with van der Waals surface area (Å²) in [5.41, 5.74) is 2.72. The number of aromatic nitrogens is 4. The quantitative estimate of drug-likeness (QED) is 0.299. The topological polar surface area (TPSA) is 111 Å². The number of hydrogen-bond acceptors (Lipinski definition) is 8. The highest BCUT2D eigenvalue weighted by atomic mass is 16.5. The molecule has 2 aromatic carbocycles. The molecular formula is C38H38N6O4. The SMILES string of the molecule is CO[C@@H]1C(=O)N(c2ncc(C#Cc3ccccc3)cn2)CC1(C)C.CO[C@H]1C(=O)N(c2ncc(C#Cc3ccccc3)cn2)CC1(C)C. The summed E-state index contributed by atoms with van der Waals surface area (Å²) < 4.78 is 10.7. The van der Waals surface area contributed by atoms with Gasteiger partial charge in [-0.15, -0.1) is 0 Å². The average Bonchev–Trinajstić information content (AvgIpc) is 3.48. The van der Waals surface area contributed by atoms with Gasteiger partial charge in [0.15, 0.2) is 0 Å². The van der Waals surface area contributed by atoms with Gasteiger partial charge in [-0.1, -0.05) is 87.8 Å². The van der Waals surface area contributed by atoms with Gasteiger partial charge in [-0.25, -0.2) is 19.9 Å². The summed E-state index contributed by atoms with van der Waals surface area (Å²) in [7, 11) is 3.11. The minimum absolute atomic E-state index is 0.106. The summed E-state index contributed by atoms with van der Waals surface area (Å²) in [6.45, 7) is 9.05. The average molecular weight is 643 g/mol.